The van der Waals surface area contributed by atoms with E-state index in [4.69, 9.17) is 17.3 Å². The number of benzene rings is 1. The van der Waals surface area contributed by atoms with Gasteiger partial charge in [-0.3, -0.25) is 0 Å². The SMILES string of the molecule is CC(c1ccc(Cl)cc1)N(C)c1cccc(N)n1. The van der Waals surface area contributed by atoms with Crippen molar-refractivity contribution < 1.29 is 0 Å². The molecule has 0 amide bonds. The van der Waals surface area contributed by atoms with E-state index in [1.807, 2.05) is 43.4 Å². The summed E-state index contributed by atoms with van der Waals surface area (Å²) in [6.07, 6.45) is 0. The van der Waals surface area contributed by atoms with Gasteiger partial charge < -0.3 is 10.6 Å². The molecule has 1 heterocycles. The fourth-order valence-corrected chi connectivity index (χ4v) is 1.93. The minimum atomic E-state index is 0.205. The third-order valence-electron chi connectivity index (χ3n) is 3.05. The second-order valence-electron chi connectivity index (χ2n) is 4.26. The van der Waals surface area contributed by atoms with Gasteiger partial charge in [-0.1, -0.05) is 29.8 Å². The Bertz CT molecular complexity index is 525. The largest absolute Gasteiger partial charge is 0.384 e. The van der Waals surface area contributed by atoms with E-state index in [1.165, 1.54) is 5.56 Å². The van der Waals surface area contributed by atoms with E-state index in [0.29, 0.717) is 5.82 Å². The molecule has 1 aromatic carbocycles. The lowest BCUT2D eigenvalue weighted by Gasteiger charge is -2.26. The number of hydrogen-bond donors (Lipinski definition) is 1. The fourth-order valence-electron chi connectivity index (χ4n) is 1.80. The van der Waals surface area contributed by atoms with Crippen molar-refractivity contribution in [3.63, 3.8) is 0 Å². The molecule has 94 valence electrons. The van der Waals surface area contributed by atoms with Gasteiger partial charge in [-0.05, 0) is 36.8 Å². The first-order chi connectivity index (χ1) is 8.58. The van der Waals surface area contributed by atoms with Crippen LogP contribution in [0.25, 0.3) is 0 Å². The standard InChI is InChI=1S/C14H16ClN3/c1-10(11-6-8-12(15)9-7-11)18(2)14-5-3-4-13(16)17-14/h3-10H,1-2H3,(H2,16,17). The first-order valence-electron chi connectivity index (χ1n) is 5.79. The van der Waals surface area contributed by atoms with Crippen LogP contribution in [0.1, 0.15) is 18.5 Å². The Morgan fingerprint density at radius 1 is 1.17 bits per heavy atom. The minimum Gasteiger partial charge on any atom is -0.384 e. The summed E-state index contributed by atoms with van der Waals surface area (Å²) in [7, 11) is 2.00. The average molecular weight is 262 g/mol. The zero-order valence-corrected chi connectivity index (χ0v) is 11.2. The van der Waals surface area contributed by atoms with Gasteiger partial charge in [0.2, 0.25) is 0 Å². The number of hydrogen-bond acceptors (Lipinski definition) is 3. The number of nitrogens with two attached hydrogens (primary N) is 1. The normalized spacial score (nSPS) is 12.2. The number of nitrogen functional groups attached to an aromatic ring is 1. The predicted octanol–water partition coefficient (Wildman–Crippen LogP) is 3.51. The summed E-state index contributed by atoms with van der Waals surface area (Å²) in [6.45, 7) is 2.12. The van der Waals surface area contributed by atoms with Crippen molar-refractivity contribution in [1.82, 2.24) is 4.98 Å². The topological polar surface area (TPSA) is 42.1 Å². The zero-order chi connectivity index (χ0) is 13.1. The number of nitrogens with zero attached hydrogens (tertiary/aromatic N) is 2. The Labute approximate surface area is 112 Å². The Hall–Kier alpha value is -1.74. The van der Waals surface area contributed by atoms with Gasteiger partial charge >= 0.3 is 0 Å². The van der Waals surface area contributed by atoms with Crippen molar-refractivity contribution in [2.45, 2.75) is 13.0 Å². The molecule has 2 aromatic rings. The van der Waals surface area contributed by atoms with Gasteiger partial charge in [-0.25, -0.2) is 4.98 Å². The highest BCUT2D eigenvalue weighted by molar-refractivity contribution is 6.30. The van der Waals surface area contributed by atoms with Crippen LogP contribution in [0.2, 0.25) is 5.02 Å². The smallest absolute Gasteiger partial charge is 0.131 e. The van der Waals surface area contributed by atoms with Crippen molar-refractivity contribution in [2.24, 2.45) is 0 Å². The highest BCUT2D eigenvalue weighted by Gasteiger charge is 2.13. The summed E-state index contributed by atoms with van der Waals surface area (Å²) in [5, 5.41) is 0.746. The van der Waals surface area contributed by atoms with Crippen LogP contribution in [0, 0.1) is 0 Å². The van der Waals surface area contributed by atoms with Gasteiger partial charge in [0.15, 0.2) is 0 Å². The van der Waals surface area contributed by atoms with Crippen LogP contribution >= 0.6 is 11.6 Å². The summed E-state index contributed by atoms with van der Waals surface area (Å²) in [5.74, 6) is 1.39. The molecule has 0 spiro atoms. The van der Waals surface area contributed by atoms with Crippen molar-refractivity contribution in [2.75, 3.05) is 17.7 Å². The van der Waals surface area contributed by atoms with Crippen LogP contribution in [0.3, 0.4) is 0 Å². The molecule has 0 aliphatic rings. The van der Waals surface area contributed by atoms with Crippen LogP contribution in [-0.4, -0.2) is 12.0 Å². The Morgan fingerprint density at radius 3 is 2.44 bits per heavy atom. The molecule has 1 aromatic heterocycles. The summed E-state index contributed by atoms with van der Waals surface area (Å²) >= 11 is 5.89. The quantitative estimate of drug-likeness (QED) is 0.919. The first kappa shape index (κ1) is 12.7. The lowest BCUT2D eigenvalue weighted by Crippen LogP contribution is -2.22. The molecular weight excluding hydrogens is 246 g/mol. The van der Waals surface area contributed by atoms with Crippen LogP contribution in [-0.2, 0) is 0 Å². The van der Waals surface area contributed by atoms with Gasteiger partial charge in [-0.15, -0.1) is 0 Å². The number of anilines is 2. The third-order valence-corrected chi connectivity index (χ3v) is 3.30. The molecule has 0 saturated heterocycles. The van der Waals surface area contributed by atoms with Gasteiger partial charge in [0.1, 0.15) is 11.6 Å². The minimum absolute atomic E-state index is 0.205. The van der Waals surface area contributed by atoms with Crippen molar-refractivity contribution in [3.8, 4) is 0 Å². The van der Waals surface area contributed by atoms with E-state index in [0.717, 1.165) is 10.8 Å². The molecule has 4 heteroatoms. The lowest BCUT2D eigenvalue weighted by molar-refractivity contribution is 0.729. The highest BCUT2D eigenvalue weighted by Crippen LogP contribution is 2.25. The molecule has 0 aliphatic heterocycles. The fraction of sp³-hybridized carbons (Fsp3) is 0.214. The molecule has 0 saturated carbocycles. The molecule has 2 rings (SSSR count). The maximum Gasteiger partial charge on any atom is 0.131 e. The van der Waals surface area contributed by atoms with Crippen LogP contribution in [0.4, 0.5) is 11.6 Å². The van der Waals surface area contributed by atoms with E-state index in [-0.39, 0.29) is 6.04 Å². The molecule has 1 atom stereocenters. The van der Waals surface area contributed by atoms with Crippen LogP contribution in [0.15, 0.2) is 42.5 Å². The molecule has 1 unspecified atom stereocenters. The number of halogens is 1. The summed E-state index contributed by atoms with van der Waals surface area (Å²) in [6, 6.07) is 13.7. The molecule has 2 N–H and O–H groups in total. The number of aromatic nitrogens is 1. The van der Waals surface area contributed by atoms with E-state index in [1.54, 1.807) is 6.07 Å². The summed E-state index contributed by atoms with van der Waals surface area (Å²) in [5.41, 5.74) is 6.89. The summed E-state index contributed by atoms with van der Waals surface area (Å²) < 4.78 is 0. The van der Waals surface area contributed by atoms with E-state index in [9.17, 15) is 0 Å². The molecular formula is C14H16ClN3. The molecule has 0 aliphatic carbocycles. The van der Waals surface area contributed by atoms with Crippen LogP contribution < -0.4 is 10.6 Å². The monoisotopic (exact) mass is 261 g/mol. The van der Waals surface area contributed by atoms with E-state index >= 15 is 0 Å². The maximum atomic E-state index is 5.89. The average Bonchev–Trinajstić information content (AvgIpc) is 2.38. The van der Waals surface area contributed by atoms with Crippen LogP contribution in [0.5, 0.6) is 0 Å². The zero-order valence-electron chi connectivity index (χ0n) is 10.5. The van der Waals surface area contributed by atoms with Gasteiger partial charge in [0, 0.05) is 12.1 Å². The lowest BCUT2D eigenvalue weighted by atomic mass is 10.1. The Kier molecular flexibility index (Phi) is 3.72. The van der Waals surface area contributed by atoms with Gasteiger partial charge in [-0.2, -0.15) is 0 Å². The molecule has 0 fully saturated rings. The Balaban J connectivity index is 2.23. The summed E-state index contributed by atoms with van der Waals surface area (Å²) in [4.78, 5) is 6.40. The number of pyridine rings is 1. The van der Waals surface area contributed by atoms with Crippen molar-refractivity contribution >= 4 is 23.2 Å². The number of rotatable bonds is 3. The molecule has 18 heavy (non-hydrogen) atoms. The van der Waals surface area contributed by atoms with Gasteiger partial charge in [0.25, 0.3) is 0 Å². The molecule has 0 radical (unpaired) electrons. The highest BCUT2D eigenvalue weighted by atomic mass is 35.5. The molecule has 0 bridgehead atoms. The molecule has 3 nitrogen and oxygen atoms in total. The second kappa shape index (κ2) is 5.27. The first-order valence-corrected chi connectivity index (χ1v) is 6.16. The Morgan fingerprint density at radius 2 is 1.83 bits per heavy atom. The van der Waals surface area contributed by atoms with E-state index < -0.39 is 0 Å². The maximum absolute atomic E-state index is 5.89. The van der Waals surface area contributed by atoms with Gasteiger partial charge in [0.05, 0.1) is 6.04 Å². The van der Waals surface area contributed by atoms with Crippen molar-refractivity contribution in [3.05, 3.63) is 53.1 Å². The van der Waals surface area contributed by atoms with Crippen molar-refractivity contribution in [1.29, 1.82) is 0 Å². The third kappa shape index (κ3) is 2.74. The van der Waals surface area contributed by atoms with E-state index in [2.05, 4.69) is 16.8 Å². The second-order valence-corrected chi connectivity index (χ2v) is 4.70. The predicted molar refractivity (Wildman–Crippen MR) is 76.9 cm³/mol.